The lowest BCUT2D eigenvalue weighted by molar-refractivity contribution is 1.61. The zero-order valence-corrected chi connectivity index (χ0v) is 13.4. The van der Waals surface area contributed by atoms with Gasteiger partial charge in [-0.2, -0.15) is 0 Å². The van der Waals surface area contributed by atoms with Crippen LogP contribution >= 0.6 is 0 Å². The van der Waals surface area contributed by atoms with E-state index in [1.165, 1.54) is 0 Å². The van der Waals surface area contributed by atoms with E-state index in [1.54, 1.807) is 0 Å². The molecule has 0 amide bonds. The van der Waals surface area contributed by atoms with Gasteiger partial charge in [0, 0.05) is 11.4 Å². The van der Waals surface area contributed by atoms with Crippen LogP contribution in [0.1, 0.15) is 22.3 Å². The van der Waals surface area contributed by atoms with Gasteiger partial charge in [0.2, 0.25) is 0 Å². The predicted octanol–water partition coefficient (Wildman–Crippen LogP) is 5.19. The molecule has 24 heavy (non-hydrogen) atoms. The Morgan fingerprint density at radius 3 is 1.25 bits per heavy atom. The van der Waals surface area contributed by atoms with Crippen molar-refractivity contribution in [2.75, 3.05) is 11.5 Å². The zero-order chi connectivity index (χ0) is 16.8. The van der Waals surface area contributed by atoms with Gasteiger partial charge in [-0.15, -0.1) is 0 Å². The molecular weight excluding hydrogens is 292 g/mol. The van der Waals surface area contributed by atoms with Crippen molar-refractivity contribution in [2.24, 2.45) is 0 Å². The molecule has 118 valence electrons. The van der Waals surface area contributed by atoms with Crippen molar-refractivity contribution in [1.82, 2.24) is 0 Å². The molecular formula is C22H20N2. The molecule has 0 spiro atoms. The lowest BCUT2D eigenvalue weighted by Gasteiger charge is -1.99. The molecule has 0 saturated heterocycles. The average molecular weight is 312 g/mol. The average Bonchev–Trinajstić information content (AvgIpc) is 2.61. The largest absolute Gasteiger partial charge is 0.399 e. The topological polar surface area (TPSA) is 52.0 Å². The highest BCUT2D eigenvalue weighted by atomic mass is 14.5. The molecule has 0 heterocycles. The van der Waals surface area contributed by atoms with Crippen LogP contribution in [0.5, 0.6) is 0 Å². The second kappa shape index (κ2) is 7.34. The van der Waals surface area contributed by atoms with Crippen molar-refractivity contribution >= 4 is 35.7 Å². The number of anilines is 2. The highest BCUT2D eigenvalue weighted by molar-refractivity contribution is 5.74. The first-order valence-corrected chi connectivity index (χ1v) is 7.86. The standard InChI is InChI=1S/C22H20N2/c23-21-12-8-17(9-13-21)4-6-19-2-1-3-20(16-19)7-5-18-10-14-22(24)15-11-18/h1-16H,23-24H2/b6-4+,7-5+. The molecule has 3 aromatic rings. The molecule has 0 atom stereocenters. The minimum atomic E-state index is 0.780. The quantitative estimate of drug-likeness (QED) is 0.514. The fraction of sp³-hybridized carbons (Fsp3) is 0. The SMILES string of the molecule is Nc1ccc(/C=C/c2cccc(/C=C/c3ccc(N)cc3)c2)cc1. The zero-order valence-electron chi connectivity index (χ0n) is 13.4. The summed E-state index contributed by atoms with van der Waals surface area (Å²) in [5.74, 6) is 0. The van der Waals surface area contributed by atoms with Crippen LogP contribution in [0.3, 0.4) is 0 Å². The summed E-state index contributed by atoms with van der Waals surface area (Å²) in [5.41, 5.74) is 17.5. The first-order valence-electron chi connectivity index (χ1n) is 7.86. The lowest BCUT2D eigenvalue weighted by atomic mass is 10.1. The summed E-state index contributed by atoms with van der Waals surface area (Å²) in [7, 11) is 0. The summed E-state index contributed by atoms with van der Waals surface area (Å²) in [6, 6.07) is 24.1. The number of benzene rings is 3. The number of hydrogen-bond acceptors (Lipinski definition) is 2. The van der Waals surface area contributed by atoms with E-state index in [1.807, 2.05) is 48.5 Å². The molecule has 2 nitrogen and oxygen atoms in total. The molecule has 0 fully saturated rings. The number of hydrogen-bond donors (Lipinski definition) is 2. The Hall–Kier alpha value is -3.26. The molecule has 3 aromatic carbocycles. The van der Waals surface area contributed by atoms with Gasteiger partial charge in [0.1, 0.15) is 0 Å². The second-order valence-electron chi connectivity index (χ2n) is 5.67. The minimum absolute atomic E-state index is 0.780. The smallest absolute Gasteiger partial charge is 0.0314 e. The van der Waals surface area contributed by atoms with Crippen molar-refractivity contribution in [2.45, 2.75) is 0 Å². The lowest BCUT2D eigenvalue weighted by Crippen LogP contribution is -1.83. The Kier molecular flexibility index (Phi) is 4.78. The Morgan fingerprint density at radius 2 is 0.833 bits per heavy atom. The van der Waals surface area contributed by atoms with Gasteiger partial charge in [0.15, 0.2) is 0 Å². The third-order valence-corrected chi connectivity index (χ3v) is 3.72. The van der Waals surface area contributed by atoms with Gasteiger partial charge in [-0.3, -0.25) is 0 Å². The fourth-order valence-electron chi connectivity index (χ4n) is 2.37. The van der Waals surface area contributed by atoms with Gasteiger partial charge in [-0.25, -0.2) is 0 Å². The Morgan fingerprint density at radius 1 is 0.458 bits per heavy atom. The third kappa shape index (κ3) is 4.37. The van der Waals surface area contributed by atoms with E-state index in [4.69, 9.17) is 11.5 Å². The number of nitrogen functional groups attached to an aromatic ring is 2. The van der Waals surface area contributed by atoms with Crippen LogP contribution in [0.2, 0.25) is 0 Å². The van der Waals surface area contributed by atoms with Gasteiger partial charge in [0.25, 0.3) is 0 Å². The van der Waals surface area contributed by atoms with Crippen molar-refractivity contribution in [1.29, 1.82) is 0 Å². The molecule has 3 rings (SSSR count). The molecule has 0 radical (unpaired) electrons. The van der Waals surface area contributed by atoms with Gasteiger partial charge >= 0.3 is 0 Å². The number of rotatable bonds is 4. The van der Waals surface area contributed by atoms with Crippen LogP contribution in [0.15, 0.2) is 72.8 Å². The summed E-state index contributed by atoms with van der Waals surface area (Å²) < 4.78 is 0. The van der Waals surface area contributed by atoms with Crippen LogP contribution in [0.25, 0.3) is 24.3 Å². The maximum absolute atomic E-state index is 5.70. The van der Waals surface area contributed by atoms with Crippen molar-refractivity contribution < 1.29 is 0 Å². The molecule has 0 aromatic heterocycles. The van der Waals surface area contributed by atoms with Crippen LogP contribution < -0.4 is 11.5 Å². The van der Waals surface area contributed by atoms with Crippen molar-refractivity contribution in [3.63, 3.8) is 0 Å². The van der Waals surface area contributed by atoms with Gasteiger partial charge < -0.3 is 11.5 Å². The third-order valence-electron chi connectivity index (χ3n) is 3.72. The maximum atomic E-state index is 5.70. The molecule has 4 N–H and O–H groups in total. The fourth-order valence-corrected chi connectivity index (χ4v) is 2.37. The predicted molar refractivity (Wildman–Crippen MR) is 106 cm³/mol. The molecule has 2 heteroatoms. The van der Waals surface area contributed by atoms with E-state index in [0.29, 0.717) is 0 Å². The minimum Gasteiger partial charge on any atom is -0.399 e. The van der Waals surface area contributed by atoms with Crippen molar-refractivity contribution in [3.8, 4) is 0 Å². The van der Waals surface area contributed by atoms with Crippen LogP contribution in [0, 0.1) is 0 Å². The summed E-state index contributed by atoms with van der Waals surface area (Å²) in [4.78, 5) is 0. The Bertz CT molecular complexity index is 786. The number of nitrogens with two attached hydrogens (primary N) is 2. The van der Waals surface area contributed by atoms with Crippen LogP contribution in [0.4, 0.5) is 11.4 Å². The molecule has 0 aliphatic carbocycles. The van der Waals surface area contributed by atoms with Crippen LogP contribution in [-0.2, 0) is 0 Å². The molecule has 0 unspecified atom stereocenters. The molecule has 0 saturated carbocycles. The first-order chi connectivity index (χ1) is 11.7. The highest BCUT2D eigenvalue weighted by Gasteiger charge is 1.92. The van der Waals surface area contributed by atoms with E-state index in [-0.39, 0.29) is 0 Å². The van der Waals surface area contributed by atoms with E-state index in [9.17, 15) is 0 Å². The normalized spacial score (nSPS) is 11.3. The summed E-state index contributed by atoms with van der Waals surface area (Å²) in [5, 5.41) is 0. The molecule has 0 aliphatic rings. The molecule has 0 aliphatic heterocycles. The Balaban J connectivity index is 1.74. The monoisotopic (exact) mass is 312 g/mol. The summed E-state index contributed by atoms with van der Waals surface area (Å²) in [6.45, 7) is 0. The van der Waals surface area contributed by atoms with Crippen LogP contribution in [-0.4, -0.2) is 0 Å². The first kappa shape index (κ1) is 15.6. The molecule has 0 bridgehead atoms. The second-order valence-corrected chi connectivity index (χ2v) is 5.67. The summed E-state index contributed by atoms with van der Waals surface area (Å²) >= 11 is 0. The Labute approximate surface area is 142 Å². The van der Waals surface area contributed by atoms with E-state index in [2.05, 4.69) is 48.6 Å². The van der Waals surface area contributed by atoms with E-state index in [0.717, 1.165) is 33.6 Å². The van der Waals surface area contributed by atoms with Gasteiger partial charge in [-0.1, -0.05) is 66.8 Å². The van der Waals surface area contributed by atoms with Gasteiger partial charge in [-0.05, 0) is 52.6 Å². The van der Waals surface area contributed by atoms with E-state index < -0.39 is 0 Å². The van der Waals surface area contributed by atoms with E-state index >= 15 is 0 Å². The summed E-state index contributed by atoms with van der Waals surface area (Å²) in [6.07, 6.45) is 8.38. The van der Waals surface area contributed by atoms with Gasteiger partial charge in [0.05, 0.1) is 0 Å². The maximum Gasteiger partial charge on any atom is 0.0314 e. The highest BCUT2D eigenvalue weighted by Crippen LogP contribution is 2.15. The van der Waals surface area contributed by atoms with Crippen molar-refractivity contribution in [3.05, 3.63) is 95.1 Å².